The van der Waals surface area contributed by atoms with Crippen molar-refractivity contribution < 1.29 is 9.90 Å². The number of carboxylic acid groups (broad SMARTS) is 1. The molecular formula is C15H18N2O2. The summed E-state index contributed by atoms with van der Waals surface area (Å²) in [5, 5.41) is 13.7. The molecule has 1 heterocycles. The van der Waals surface area contributed by atoms with E-state index in [0.717, 1.165) is 35.3 Å². The fraction of sp³-hybridized carbons (Fsp3) is 0.333. The monoisotopic (exact) mass is 258 g/mol. The normalized spacial score (nSPS) is 10.7. The number of benzene rings is 1. The van der Waals surface area contributed by atoms with Gasteiger partial charge in [-0.05, 0) is 31.9 Å². The average molecular weight is 258 g/mol. The van der Waals surface area contributed by atoms with Gasteiger partial charge in [0.05, 0.1) is 11.3 Å². The Morgan fingerprint density at radius 2 is 2.05 bits per heavy atom. The number of nitrogens with zero attached hydrogens (tertiary/aromatic N) is 2. The molecule has 1 aromatic heterocycles. The lowest BCUT2D eigenvalue weighted by Crippen LogP contribution is -2.00. The van der Waals surface area contributed by atoms with Crippen molar-refractivity contribution in [3.63, 3.8) is 0 Å². The average Bonchev–Trinajstić information content (AvgIpc) is 2.70. The van der Waals surface area contributed by atoms with Gasteiger partial charge in [-0.15, -0.1) is 0 Å². The number of aromatic nitrogens is 2. The second kappa shape index (κ2) is 5.26. The van der Waals surface area contributed by atoms with Crippen molar-refractivity contribution in [2.24, 2.45) is 0 Å². The Bertz CT molecular complexity index is 615. The van der Waals surface area contributed by atoms with Crippen LogP contribution < -0.4 is 0 Å². The molecule has 0 amide bonds. The summed E-state index contributed by atoms with van der Waals surface area (Å²) in [5.74, 6) is -0.905. The zero-order valence-electron chi connectivity index (χ0n) is 11.5. The molecule has 2 rings (SSSR count). The summed E-state index contributed by atoms with van der Waals surface area (Å²) in [7, 11) is 0. The first-order valence-electron chi connectivity index (χ1n) is 6.41. The molecule has 0 aliphatic heterocycles. The first-order valence-corrected chi connectivity index (χ1v) is 6.41. The van der Waals surface area contributed by atoms with Crippen molar-refractivity contribution in [1.29, 1.82) is 0 Å². The number of hydrogen-bond donors (Lipinski definition) is 1. The van der Waals surface area contributed by atoms with E-state index in [1.165, 1.54) is 0 Å². The Morgan fingerprint density at radius 1 is 1.32 bits per heavy atom. The number of carboxylic acids is 1. The molecule has 0 radical (unpaired) electrons. The van der Waals surface area contributed by atoms with Crippen molar-refractivity contribution in [2.45, 2.75) is 33.7 Å². The third-order valence-electron chi connectivity index (χ3n) is 3.09. The molecule has 0 aliphatic rings. The van der Waals surface area contributed by atoms with Crippen LogP contribution in [0.15, 0.2) is 24.4 Å². The topological polar surface area (TPSA) is 55.1 Å². The highest BCUT2D eigenvalue weighted by atomic mass is 16.4. The third kappa shape index (κ3) is 2.67. The van der Waals surface area contributed by atoms with E-state index >= 15 is 0 Å². The van der Waals surface area contributed by atoms with Crippen LogP contribution in [0.5, 0.6) is 0 Å². The number of aromatic carboxylic acids is 1. The molecule has 0 bridgehead atoms. The third-order valence-corrected chi connectivity index (χ3v) is 3.09. The van der Waals surface area contributed by atoms with Gasteiger partial charge in [0.15, 0.2) is 0 Å². The van der Waals surface area contributed by atoms with Gasteiger partial charge in [0.25, 0.3) is 0 Å². The molecule has 0 atom stereocenters. The summed E-state index contributed by atoms with van der Waals surface area (Å²) in [6, 6.07) is 5.38. The lowest BCUT2D eigenvalue weighted by molar-refractivity contribution is 0.0698. The molecule has 19 heavy (non-hydrogen) atoms. The molecule has 4 heteroatoms. The Morgan fingerprint density at radius 3 is 2.68 bits per heavy atom. The van der Waals surface area contributed by atoms with Gasteiger partial charge in [-0.3, -0.25) is 4.68 Å². The van der Waals surface area contributed by atoms with Crippen LogP contribution in [0.1, 0.15) is 35.0 Å². The van der Waals surface area contributed by atoms with Crippen molar-refractivity contribution in [2.75, 3.05) is 0 Å². The Hall–Kier alpha value is -2.10. The van der Waals surface area contributed by atoms with Gasteiger partial charge in [-0.2, -0.15) is 5.10 Å². The van der Waals surface area contributed by atoms with Gasteiger partial charge in [0.1, 0.15) is 0 Å². The van der Waals surface area contributed by atoms with Crippen molar-refractivity contribution in [1.82, 2.24) is 9.78 Å². The number of hydrogen-bond acceptors (Lipinski definition) is 2. The maximum atomic E-state index is 11.3. The zero-order chi connectivity index (χ0) is 14.0. The second-order valence-electron chi connectivity index (χ2n) is 4.75. The maximum Gasteiger partial charge on any atom is 0.336 e. The zero-order valence-corrected chi connectivity index (χ0v) is 11.5. The molecule has 2 aromatic rings. The number of carbonyl (C=O) groups is 1. The fourth-order valence-corrected chi connectivity index (χ4v) is 2.19. The molecule has 1 N–H and O–H groups in total. The summed E-state index contributed by atoms with van der Waals surface area (Å²) >= 11 is 0. The van der Waals surface area contributed by atoms with Gasteiger partial charge in [0, 0.05) is 18.3 Å². The lowest BCUT2D eigenvalue weighted by atomic mass is 9.98. The van der Waals surface area contributed by atoms with Crippen LogP contribution in [0.4, 0.5) is 0 Å². The smallest absolute Gasteiger partial charge is 0.336 e. The van der Waals surface area contributed by atoms with Crippen LogP contribution in [0.3, 0.4) is 0 Å². The standard InChI is InChI=1S/C15H18N2O2/c1-4-7-17-9-14(11(3)16-17)13-8-10(2)5-6-12(13)15(18)19/h5-6,8-9H,4,7H2,1-3H3,(H,18,19). The van der Waals surface area contributed by atoms with E-state index in [-0.39, 0.29) is 0 Å². The van der Waals surface area contributed by atoms with Crippen molar-refractivity contribution in [3.8, 4) is 11.1 Å². The molecule has 0 spiro atoms. The quantitative estimate of drug-likeness (QED) is 0.915. The highest BCUT2D eigenvalue weighted by Gasteiger charge is 2.15. The van der Waals surface area contributed by atoms with E-state index in [9.17, 15) is 9.90 Å². The maximum absolute atomic E-state index is 11.3. The van der Waals surface area contributed by atoms with Crippen LogP contribution in [0, 0.1) is 13.8 Å². The summed E-state index contributed by atoms with van der Waals surface area (Å²) in [4.78, 5) is 11.3. The number of aryl methyl sites for hydroxylation is 3. The molecule has 0 aliphatic carbocycles. The second-order valence-corrected chi connectivity index (χ2v) is 4.75. The SMILES string of the molecule is CCCn1cc(-c2cc(C)ccc2C(=O)O)c(C)n1. The fourth-order valence-electron chi connectivity index (χ4n) is 2.19. The predicted molar refractivity (Wildman–Crippen MR) is 74.4 cm³/mol. The Kier molecular flexibility index (Phi) is 3.69. The largest absolute Gasteiger partial charge is 0.478 e. The highest BCUT2D eigenvalue weighted by molar-refractivity contribution is 5.96. The molecular weight excluding hydrogens is 240 g/mol. The van der Waals surface area contributed by atoms with Gasteiger partial charge < -0.3 is 5.11 Å². The molecule has 100 valence electrons. The van der Waals surface area contributed by atoms with Gasteiger partial charge >= 0.3 is 5.97 Å². The van der Waals surface area contributed by atoms with Crippen LogP contribution in [0.2, 0.25) is 0 Å². The van der Waals surface area contributed by atoms with Crippen molar-refractivity contribution in [3.05, 3.63) is 41.2 Å². The molecule has 0 saturated carbocycles. The summed E-state index contributed by atoms with van der Waals surface area (Å²) in [5.41, 5.74) is 3.87. The van der Waals surface area contributed by atoms with Gasteiger partial charge in [0.2, 0.25) is 0 Å². The molecule has 1 aromatic carbocycles. The Balaban J connectivity index is 2.57. The highest BCUT2D eigenvalue weighted by Crippen LogP contribution is 2.27. The van der Waals surface area contributed by atoms with Crippen LogP contribution >= 0.6 is 0 Å². The van der Waals surface area contributed by atoms with E-state index in [4.69, 9.17) is 0 Å². The molecule has 0 saturated heterocycles. The summed E-state index contributed by atoms with van der Waals surface area (Å²) in [6.45, 7) is 6.80. The molecule has 0 fully saturated rings. The van der Waals surface area contributed by atoms with E-state index in [0.29, 0.717) is 5.56 Å². The van der Waals surface area contributed by atoms with E-state index in [1.54, 1.807) is 6.07 Å². The first-order chi connectivity index (χ1) is 9.02. The minimum Gasteiger partial charge on any atom is -0.478 e. The predicted octanol–water partition coefficient (Wildman–Crippen LogP) is 3.28. The molecule has 4 nitrogen and oxygen atoms in total. The Labute approximate surface area is 112 Å². The van der Waals surface area contributed by atoms with E-state index in [1.807, 2.05) is 36.9 Å². The van der Waals surface area contributed by atoms with E-state index in [2.05, 4.69) is 12.0 Å². The van der Waals surface area contributed by atoms with Crippen molar-refractivity contribution >= 4 is 5.97 Å². The minimum absolute atomic E-state index is 0.324. The van der Waals surface area contributed by atoms with Crippen LogP contribution in [0.25, 0.3) is 11.1 Å². The first kappa shape index (κ1) is 13.3. The minimum atomic E-state index is -0.905. The van der Waals surface area contributed by atoms with Crippen LogP contribution in [-0.2, 0) is 6.54 Å². The van der Waals surface area contributed by atoms with Gasteiger partial charge in [-0.25, -0.2) is 4.79 Å². The summed E-state index contributed by atoms with van der Waals surface area (Å²) < 4.78 is 1.87. The van der Waals surface area contributed by atoms with Gasteiger partial charge in [-0.1, -0.05) is 24.6 Å². The van der Waals surface area contributed by atoms with Crippen LogP contribution in [-0.4, -0.2) is 20.9 Å². The lowest BCUT2D eigenvalue weighted by Gasteiger charge is -2.06. The van der Waals surface area contributed by atoms with E-state index < -0.39 is 5.97 Å². The summed E-state index contributed by atoms with van der Waals surface area (Å²) in [6.07, 6.45) is 2.93. The number of rotatable bonds is 4. The molecule has 0 unspecified atom stereocenters.